The molecule has 1 heterocycles. The topological polar surface area (TPSA) is 67.6 Å². The van der Waals surface area contributed by atoms with Gasteiger partial charge in [0, 0.05) is 31.1 Å². The number of nitrogens with zero attached hydrogens (tertiary/aromatic N) is 1. The summed E-state index contributed by atoms with van der Waals surface area (Å²) in [5, 5.41) is 0.523. The summed E-state index contributed by atoms with van der Waals surface area (Å²) >= 11 is 5.94. The fourth-order valence-corrected chi connectivity index (χ4v) is 2.55. The Morgan fingerprint density at radius 3 is 3.11 bits per heavy atom. The fourth-order valence-electron chi connectivity index (χ4n) is 2.38. The molecule has 1 unspecified atom stereocenters. The van der Waals surface area contributed by atoms with E-state index in [4.69, 9.17) is 22.2 Å². The molecule has 1 atom stereocenters. The second-order valence-electron chi connectivity index (χ2n) is 4.70. The van der Waals surface area contributed by atoms with Gasteiger partial charge < -0.3 is 15.1 Å². The highest BCUT2D eigenvalue weighted by Crippen LogP contribution is 2.25. The fraction of sp³-hybridized carbons (Fsp3) is 0.462. The summed E-state index contributed by atoms with van der Waals surface area (Å²) in [7, 11) is 1.68. The third-order valence-corrected chi connectivity index (χ3v) is 3.58. The van der Waals surface area contributed by atoms with Gasteiger partial charge in [-0.3, -0.25) is 10.6 Å². The largest absolute Gasteiger partial charge is 0.384 e. The van der Waals surface area contributed by atoms with E-state index in [0.29, 0.717) is 35.3 Å². The van der Waals surface area contributed by atoms with E-state index in [1.54, 1.807) is 25.3 Å². The van der Waals surface area contributed by atoms with E-state index in [2.05, 4.69) is 5.43 Å². The summed E-state index contributed by atoms with van der Waals surface area (Å²) in [4.78, 5) is 14.3. The number of nitrogens with two attached hydrogens (primary N) is 1. The van der Waals surface area contributed by atoms with Crippen molar-refractivity contribution in [1.82, 2.24) is 4.90 Å². The van der Waals surface area contributed by atoms with E-state index >= 15 is 0 Å². The van der Waals surface area contributed by atoms with Gasteiger partial charge in [-0.25, -0.2) is 0 Å². The summed E-state index contributed by atoms with van der Waals surface area (Å²) in [5.41, 5.74) is 3.63. The molecule has 1 saturated heterocycles. The molecule has 1 aliphatic heterocycles. The maximum Gasteiger partial charge on any atom is 0.256 e. The lowest BCUT2D eigenvalue weighted by Crippen LogP contribution is -2.30. The molecule has 5 nitrogen and oxygen atoms in total. The molecule has 104 valence electrons. The van der Waals surface area contributed by atoms with E-state index in [1.807, 2.05) is 4.90 Å². The zero-order valence-corrected chi connectivity index (χ0v) is 11.6. The van der Waals surface area contributed by atoms with Gasteiger partial charge in [0.25, 0.3) is 5.91 Å². The average molecular weight is 284 g/mol. The second-order valence-corrected chi connectivity index (χ2v) is 5.13. The van der Waals surface area contributed by atoms with Crippen molar-refractivity contribution < 1.29 is 9.53 Å². The Morgan fingerprint density at radius 2 is 2.42 bits per heavy atom. The monoisotopic (exact) mass is 283 g/mol. The number of likely N-dealkylation sites (tertiary alicyclic amines) is 1. The van der Waals surface area contributed by atoms with E-state index < -0.39 is 0 Å². The lowest BCUT2D eigenvalue weighted by molar-refractivity contribution is 0.0776. The van der Waals surface area contributed by atoms with Crippen LogP contribution in [-0.2, 0) is 4.74 Å². The van der Waals surface area contributed by atoms with Crippen molar-refractivity contribution in [1.29, 1.82) is 0 Å². The highest BCUT2D eigenvalue weighted by Gasteiger charge is 2.28. The van der Waals surface area contributed by atoms with Gasteiger partial charge in [0.15, 0.2) is 0 Å². The molecule has 1 aromatic carbocycles. The number of benzene rings is 1. The van der Waals surface area contributed by atoms with Crippen LogP contribution in [0.25, 0.3) is 0 Å². The highest BCUT2D eigenvalue weighted by atomic mass is 35.5. The van der Waals surface area contributed by atoms with Gasteiger partial charge in [0.05, 0.1) is 17.9 Å². The number of halogens is 1. The molecule has 0 aromatic heterocycles. The van der Waals surface area contributed by atoms with Crippen LogP contribution in [0.4, 0.5) is 5.69 Å². The number of rotatable bonds is 4. The second kappa shape index (κ2) is 6.23. The van der Waals surface area contributed by atoms with Crippen LogP contribution in [0.2, 0.25) is 5.02 Å². The van der Waals surface area contributed by atoms with Gasteiger partial charge in [0.1, 0.15) is 0 Å². The van der Waals surface area contributed by atoms with Crippen molar-refractivity contribution in [3.05, 3.63) is 28.8 Å². The van der Waals surface area contributed by atoms with E-state index in [1.165, 1.54) is 0 Å². The smallest absolute Gasteiger partial charge is 0.256 e. The number of carbonyl (C=O) groups is 1. The van der Waals surface area contributed by atoms with Crippen molar-refractivity contribution in [3.63, 3.8) is 0 Å². The number of amides is 1. The van der Waals surface area contributed by atoms with Crippen LogP contribution in [0.5, 0.6) is 0 Å². The molecule has 1 aliphatic rings. The molecule has 0 aliphatic carbocycles. The van der Waals surface area contributed by atoms with Gasteiger partial charge in [-0.1, -0.05) is 11.6 Å². The minimum atomic E-state index is -0.0472. The number of nitrogens with one attached hydrogen (secondary N) is 1. The summed E-state index contributed by atoms with van der Waals surface area (Å²) in [6, 6.07) is 5.05. The van der Waals surface area contributed by atoms with Crippen LogP contribution in [0, 0.1) is 5.92 Å². The lowest BCUT2D eigenvalue weighted by Gasteiger charge is -2.18. The Kier molecular flexibility index (Phi) is 4.63. The summed E-state index contributed by atoms with van der Waals surface area (Å²) in [5.74, 6) is 5.79. The van der Waals surface area contributed by atoms with Crippen LogP contribution < -0.4 is 11.3 Å². The Balaban J connectivity index is 2.14. The number of methoxy groups -OCH3 is 1. The van der Waals surface area contributed by atoms with Crippen LogP contribution in [-0.4, -0.2) is 37.6 Å². The van der Waals surface area contributed by atoms with Crippen LogP contribution >= 0.6 is 11.6 Å². The molecule has 0 saturated carbocycles. The third-order valence-electron chi connectivity index (χ3n) is 3.34. The molecule has 19 heavy (non-hydrogen) atoms. The number of ether oxygens (including phenoxy) is 1. The standard InChI is InChI=1S/C13H18ClN3O2/c1-19-8-9-4-5-17(7-9)13(18)11-6-10(14)2-3-12(11)16-15/h2-3,6,9,16H,4-5,7-8,15H2,1H3. The van der Waals surface area contributed by atoms with Gasteiger partial charge in [-0.2, -0.15) is 0 Å². The Hall–Kier alpha value is -1.30. The predicted molar refractivity (Wildman–Crippen MR) is 75.1 cm³/mol. The number of anilines is 1. The first kappa shape index (κ1) is 14.1. The van der Waals surface area contributed by atoms with Crippen LogP contribution in [0.3, 0.4) is 0 Å². The van der Waals surface area contributed by atoms with E-state index in [-0.39, 0.29) is 5.91 Å². The lowest BCUT2D eigenvalue weighted by atomic mass is 10.1. The SMILES string of the molecule is COCC1CCN(C(=O)c2cc(Cl)ccc2NN)C1. The number of hydrogen-bond donors (Lipinski definition) is 2. The molecule has 2 rings (SSSR count). The first-order chi connectivity index (χ1) is 9.15. The molecule has 1 aromatic rings. The number of nitrogen functional groups attached to an aromatic ring is 1. The molecular weight excluding hydrogens is 266 g/mol. The van der Waals surface area contributed by atoms with Gasteiger partial charge >= 0.3 is 0 Å². The Bertz CT molecular complexity index is 467. The van der Waals surface area contributed by atoms with Crippen LogP contribution in [0.15, 0.2) is 18.2 Å². The number of hydrogen-bond acceptors (Lipinski definition) is 4. The highest BCUT2D eigenvalue weighted by molar-refractivity contribution is 6.31. The van der Waals surface area contributed by atoms with Crippen LogP contribution in [0.1, 0.15) is 16.8 Å². The molecule has 3 N–H and O–H groups in total. The van der Waals surface area contributed by atoms with Gasteiger partial charge in [0.2, 0.25) is 0 Å². The predicted octanol–water partition coefficient (Wildman–Crippen LogP) is 1.73. The summed E-state index contributed by atoms with van der Waals surface area (Å²) in [6.07, 6.45) is 0.964. The minimum absolute atomic E-state index is 0.0472. The molecule has 1 fully saturated rings. The zero-order valence-electron chi connectivity index (χ0n) is 10.9. The zero-order chi connectivity index (χ0) is 13.8. The summed E-state index contributed by atoms with van der Waals surface area (Å²) in [6.45, 7) is 2.13. The van der Waals surface area contributed by atoms with Crippen molar-refractivity contribution in [2.24, 2.45) is 11.8 Å². The molecule has 0 bridgehead atoms. The van der Waals surface area contributed by atoms with Crippen molar-refractivity contribution in [3.8, 4) is 0 Å². The molecular formula is C13H18ClN3O2. The van der Waals surface area contributed by atoms with E-state index in [0.717, 1.165) is 13.0 Å². The average Bonchev–Trinajstić information content (AvgIpc) is 2.87. The first-order valence-corrected chi connectivity index (χ1v) is 6.58. The normalized spacial score (nSPS) is 18.7. The minimum Gasteiger partial charge on any atom is -0.384 e. The number of hydrazine groups is 1. The van der Waals surface area contributed by atoms with Crippen molar-refractivity contribution >= 4 is 23.2 Å². The van der Waals surface area contributed by atoms with Gasteiger partial charge in [-0.05, 0) is 24.6 Å². The van der Waals surface area contributed by atoms with Crippen molar-refractivity contribution in [2.75, 3.05) is 32.2 Å². The molecule has 0 radical (unpaired) electrons. The summed E-state index contributed by atoms with van der Waals surface area (Å²) < 4.78 is 5.13. The molecule has 0 spiro atoms. The Labute approximate surface area is 117 Å². The van der Waals surface area contributed by atoms with Gasteiger partial charge in [-0.15, -0.1) is 0 Å². The van der Waals surface area contributed by atoms with E-state index in [9.17, 15) is 4.79 Å². The molecule has 1 amide bonds. The number of carbonyl (C=O) groups excluding carboxylic acids is 1. The maximum absolute atomic E-state index is 12.5. The third kappa shape index (κ3) is 3.18. The van der Waals surface area contributed by atoms with Crippen molar-refractivity contribution in [2.45, 2.75) is 6.42 Å². The molecule has 6 heteroatoms. The first-order valence-electron chi connectivity index (χ1n) is 6.20. The maximum atomic E-state index is 12.5. The Morgan fingerprint density at radius 1 is 1.63 bits per heavy atom. The quantitative estimate of drug-likeness (QED) is 0.652.